The Morgan fingerprint density at radius 2 is 2.10 bits per heavy atom. The van der Waals surface area contributed by atoms with E-state index in [9.17, 15) is 4.79 Å². The van der Waals surface area contributed by atoms with Crippen LogP contribution < -0.4 is 11.3 Å². The van der Waals surface area contributed by atoms with E-state index in [4.69, 9.17) is 18.0 Å². The van der Waals surface area contributed by atoms with E-state index in [0.717, 1.165) is 5.69 Å². The first kappa shape index (κ1) is 14.0. The Morgan fingerprint density at radius 3 is 2.81 bits per heavy atom. The van der Waals surface area contributed by atoms with Crippen molar-refractivity contribution in [3.05, 3.63) is 52.2 Å². The van der Waals surface area contributed by atoms with E-state index in [-0.39, 0.29) is 10.5 Å². The molecule has 5 nitrogen and oxygen atoms in total. The van der Waals surface area contributed by atoms with Gasteiger partial charge in [0.05, 0.1) is 23.8 Å². The highest BCUT2D eigenvalue weighted by molar-refractivity contribution is 7.80. The number of nitrogens with two attached hydrogens (primary N) is 1. The van der Waals surface area contributed by atoms with Crippen molar-refractivity contribution in [3.63, 3.8) is 0 Å². The van der Waals surface area contributed by atoms with E-state index in [1.54, 1.807) is 22.9 Å². The Labute approximate surface area is 128 Å². The summed E-state index contributed by atoms with van der Waals surface area (Å²) in [7, 11) is 0. The number of pyridine rings is 1. The van der Waals surface area contributed by atoms with E-state index in [1.807, 2.05) is 16.9 Å². The van der Waals surface area contributed by atoms with Gasteiger partial charge in [-0.05, 0) is 31.0 Å². The van der Waals surface area contributed by atoms with Gasteiger partial charge >= 0.3 is 0 Å². The van der Waals surface area contributed by atoms with Crippen LogP contribution in [0.2, 0.25) is 0 Å². The summed E-state index contributed by atoms with van der Waals surface area (Å²) in [5.74, 6) is 0. The van der Waals surface area contributed by atoms with E-state index < -0.39 is 0 Å². The molecule has 0 radical (unpaired) electrons. The van der Waals surface area contributed by atoms with Crippen LogP contribution in [0.5, 0.6) is 0 Å². The minimum Gasteiger partial charge on any atom is -0.389 e. The SMILES string of the molecule is NC(=S)c1cccn(Cc2ccn(C3CCCC3)n2)c1=O. The Bertz CT molecular complexity index is 712. The van der Waals surface area contributed by atoms with Crippen LogP contribution in [0.25, 0.3) is 0 Å². The number of rotatable bonds is 4. The molecule has 2 aromatic rings. The molecule has 6 heteroatoms. The van der Waals surface area contributed by atoms with Crippen LogP contribution in [0.4, 0.5) is 0 Å². The van der Waals surface area contributed by atoms with Gasteiger partial charge in [0.1, 0.15) is 4.99 Å². The van der Waals surface area contributed by atoms with Gasteiger partial charge in [0.2, 0.25) is 0 Å². The minimum atomic E-state index is -0.166. The smallest absolute Gasteiger partial charge is 0.261 e. The molecule has 1 saturated carbocycles. The predicted octanol–water partition coefficient (Wildman–Crippen LogP) is 1.84. The van der Waals surface area contributed by atoms with Crippen LogP contribution >= 0.6 is 12.2 Å². The first-order chi connectivity index (χ1) is 10.1. The first-order valence-corrected chi connectivity index (χ1v) is 7.59. The summed E-state index contributed by atoms with van der Waals surface area (Å²) in [6.07, 6.45) is 8.67. The molecular weight excluding hydrogens is 284 g/mol. The molecule has 0 saturated heterocycles. The van der Waals surface area contributed by atoms with Gasteiger partial charge < -0.3 is 10.3 Å². The van der Waals surface area contributed by atoms with Crippen molar-refractivity contribution in [3.8, 4) is 0 Å². The van der Waals surface area contributed by atoms with E-state index in [1.165, 1.54) is 25.7 Å². The average molecular weight is 302 g/mol. The van der Waals surface area contributed by atoms with E-state index >= 15 is 0 Å². The maximum atomic E-state index is 12.2. The molecule has 1 fully saturated rings. The highest BCUT2D eigenvalue weighted by Gasteiger charge is 2.17. The van der Waals surface area contributed by atoms with Crippen molar-refractivity contribution < 1.29 is 0 Å². The Hall–Kier alpha value is -1.95. The average Bonchev–Trinajstić information content (AvgIpc) is 3.11. The molecule has 2 N–H and O–H groups in total. The standard InChI is InChI=1S/C15H18N4OS/c16-14(21)13-6-3-8-18(15(13)20)10-11-7-9-19(17-11)12-4-1-2-5-12/h3,6-9,12H,1-2,4-5,10H2,(H2,16,21). The molecule has 1 aliphatic rings. The van der Waals surface area contributed by atoms with Crippen LogP contribution in [-0.4, -0.2) is 19.3 Å². The summed E-state index contributed by atoms with van der Waals surface area (Å²) >= 11 is 4.90. The van der Waals surface area contributed by atoms with Gasteiger partial charge in [-0.15, -0.1) is 0 Å². The normalized spacial score (nSPS) is 15.4. The Kier molecular flexibility index (Phi) is 3.88. The van der Waals surface area contributed by atoms with Crippen LogP contribution in [0.15, 0.2) is 35.4 Å². The largest absolute Gasteiger partial charge is 0.389 e. The number of nitrogens with zero attached hydrogens (tertiary/aromatic N) is 3. The topological polar surface area (TPSA) is 65.8 Å². The third-order valence-electron chi connectivity index (χ3n) is 3.98. The zero-order valence-electron chi connectivity index (χ0n) is 11.7. The molecule has 21 heavy (non-hydrogen) atoms. The molecular formula is C15H18N4OS. The second-order valence-electron chi connectivity index (χ2n) is 5.44. The van der Waals surface area contributed by atoms with Crippen molar-refractivity contribution >= 4 is 17.2 Å². The molecule has 0 unspecified atom stereocenters. The third kappa shape index (κ3) is 2.90. The molecule has 0 aliphatic heterocycles. The fraction of sp³-hybridized carbons (Fsp3) is 0.400. The van der Waals surface area contributed by atoms with Gasteiger partial charge in [0.25, 0.3) is 5.56 Å². The predicted molar refractivity (Wildman–Crippen MR) is 85.4 cm³/mol. The van der Waals surface area contributed by atoms with Gasteiger partial charge in [-0.2, -0.15) is 5.10 Å². The van der Waals surface area contributed by atoms with Crippen molar-refractivity contribution in [1.29, 1.82) is 0 Å². The second kappa shape index (κ2) is 5.81. The molecule has 0 atom stereocenters. The van der Waals surface area contributed by atoms with E-state index in [2.05, 4.69) is 5.10 Å². The number of thiocarbonyl (C=S) groups is 1. The fourth-order valence-electron chi connectivity index (χ4n) is 2.86. The first-order valence-electron chi connectivity index (χ1n) is 7.18. The van der Waals surface area contributed by atoms with Crippen molar-refractivity contribution in [2.45, 2.75) is 38.3 Å². The fourth-order valence-corrected chi connectivity index (χ4v) is 3.01. The van der Waals surface area contributed by atoms with Gasteiger partial charge in [0, 0.05) is 12.4 Å². The second-order valence-corrected chi connectivity index (χ2v) is 5.88. The van der Waals surface area contributed by atoms with Gasteiger partial charge in [0.15, 0.2) is 0 Å². The molecule has 0 bridgehead atoms. The zero-order chi connectivity index (χ0) is 14.8. The molecule has 3 rings (SSSR count). The number of aromatic nitrogens is 3. The van der Waals surface area contributed by atoms with Crippen LogP contribution in [0, 0.1) is 0 Å². The van der Waals surface area contributed by atoms with Gasteiger partial charge in [-0.3, -0.25) is 9.48 Å². The molecule has 0 spiro atoms. The molecule has 2 heterocycles. The molecule has 2 aromatic heterocycles. The summed E-state index contributed by atoms with van der Waals surface area (Å²) < 4.78 is 3.63. The lowest BCUT2D eigenvalue weighted by Crippen LogP contribution is -2.28. The number of hydrogen-bond donors (Lipinski definition) is 1. The van der Waals surface area contributed by atoms with Crippen LogP contribution in [-0.2, 0) is 6.54 Å². The minimum absolute atomic E-state index is 0.130. The Morgan fingerprint density at radius 1 is 1.33 bits per heavy atom. The lowest BCUT2D eigenvalue weighted by Gasteiger charge is -2.09. The highest BCUT2D eigenvalue weighted by atomic mass is 32.1. The van der Waals surface area contributed by atoms with Crippen molar-refractivity contribution in [2.24, 2.45) is 5.73 Å². The Balaban J connectivity index is 1.82. The summed E-state index contributed by atoms with van der Waals surface area (Å²) in [4.78, 5) is 12.4. The summed E-state index contributed by atoms with van der Waals surface area (Å²) in [5.41, 5.74) is 6.65. The highest BCUT2D eigenvalue weighted by Crippen LogP contribution is 2.28. The van der Waals surface area contributed by atoms with Crippen LogP contribution in [0.1, 0.15) is 43.0 Å². The maximum absolute atomic E-state index is 12.2. The van der Waals surface area contributed by atoms with Gasteiger partial charge in [-0.1, -0.05) is 25.1 Å². The molecule has 0 aromatic carbocycles. The lowest BCUT2D eigenvalue weighted by molar-refractivity contribution is 0.461. The van der Waals surface area contributed by atoms with E-state index in [0.29, 0.717) is 18.2 Å². The quantitative estimate of drug-likeness (QED) is 0.875. The van der Waals surface area contributed by atoms with Crippen LogP contribution in [0.3, 0.4) is 0 Å². The van der Waals surface area contributed by atoms with Gasteiger partial charge in [-0.25, -0.2) is 0 Å². The van der Waals surface area contributed by atoms with Crippen molar-refractivity contribution in [1.82, 2.24) is 14.3 Å². The monoisotopic (exact) mass is 302 g/mol. The third-order valence-corrected chi connectivity index (χ3v) is 4.20. The summed E-state index contributed by atoms with van der Waals surface area (Å²) in [6, 6.07) is 5.92. The zero-order valence-corrected chi connectivity index (χ0v) is 12.6. The lowest BCUT2D eigenvalue weighted by atomic mass is 10.2. The molecule has 0 amide bonds. The number of hydrogen-bond acceptors (Lipinski definition) is 3. The maximum Gasteiger partial charge on any atom is 0.261 e. The molecule has 110 valence electrons. The summed E-state index contributed by atoms with van der Waals surface area (Å²) in [5, 5.41) is 4.60. The van der Waals surface area contributed by atoms with Crippen molar-refractivity contribution in [2.75, 3.05) is 0 Å². The molecule has 1 aliphatic carbocycles. The summed E-state index contributed by atoms with van der Waals surface area (Å²) in [6.45, 7) is 0.439.